The van der Waals surface area contributed by atoms with E-state index in [2.05, 4.69) is 27.4 Å². The molecule has 8 nitrogen and oxygen atoms in total. The Kier molecular flexibility index (Phi) is 5.93. The van der Waals surface area contributed by atoms with Gasteiger partial charge in [-0.25, -0.2) is 9.67 Å². The van der Waals surface area contributed by atoms with E-state index in [0.29, 0.717) is 28.1 Å². The van der Waals surface area contributed by atoms with Crippen LogP contribution in [0.5, 0.6) is 0 Å². The third-order valence-corrected chi connectivity index (χ3v) is 5.80. The van der Waals surface area contributed by atoms with Crippen molar-refractivity contribution in [1.29, 1.82) is 0 Å². The first kappa shape index (κ1) is 21.4. The molecule has 0 atom stereocenters. The minimum absolute atomic E-state index is 0.108. The Bertz CT molecular complexity index is 1240. The largest absolute Gasteiger partial charge is 0.463 e. The molecule has 4 heterocycles. The van der Waals surface area contributed by atoms with E-state index in [1.165, 1.54) is 5.56 Å². The van der Waals surface area contributed by atoms with Crippen LogP contribution in [0.3, 0.4) is 0 Å². The summed E-state index contributed by atoms with van der Waals surface area (Å²) in [4.78, 5) is 20.4. The predicted molar refractivity (Wildman–Crippen MR) is 126 cm³/mol. The van der Waals surface area contributed by atoms with Crippen molar-refractivity contribution in [2.45, 2.75) is 26.4 Å². The van der Waals surface area contributed by atoms with Crippen LogP contribution in [0.4, 0.5) is 5.69 Å². The molecule has 1 N–H and O–H groups in total. The number of anilines is 1. The maximum atomic E-state index is 13.3. The summed E-state index contributed by atoms with van der Waals surface area (Å²) in [6, 6.07) is 13.5. The Hall–Kier alpha value is -3.49. The smallest absolute Gasteiger partial charge is 0.256 e. The SMILES string of the molecule is CC(C)n1ncc2c(C(=O)Nc3ccc(CN4CCOCC4)cc3)cc(-c3ccco3)nc21. The number of ether oxygens (including phenoxy) is 1. The molecule has 3 aromatic heterocycles. The third kappa shape index (κ3) is 4.53. The van der Waals surface area contributed by atoms with Crippen molar-refractivity contribution in [2.75, 3.05) is 31.6 Å². The average molecular weight is 446 g/mol. The number of benzene rings is 1. The molecule has 170 valence electrons. The van der Waals surface area contributed by atoms with E-state index in [4.69, 9.17) is 14.1 Å². The van der Waals surface area contributed by atoms with Crippen molar-refractivity contribution in [3.63, 3.8) is 0 Å². The van der Waals surface area contributed by atoms with Gasteiger partial charge in [-0.1, -0.05) is 12.1 Å². The summed E-state index contributed by atoms with van der Waals surface area (Å²) in [7, 11) is 0. The van der Waals surface area contributed by atoms with Gasteiger partial charge >= 0.3 is 0 Å². The van der Waals surface area contributed by atoms with Gasteiger partial charge in [0, 0.05) is 31.4 Å². The van der Waals surface area contributed by atoms with Crippen molar-refractivity contribution in [3.8, 4) is 11.5 Å². The summed E-state index contributed by atoms with van der Waals surface area (Å²) in [6.07, 6.45) is 3.30. The van der Waals surface area contributed by atoms with Gasteiger partial charge in [0.1, 0.15) is 5.69 Å². The highest BCUT2D eigenvalue weighted by Crippen LogP contribution is 2.27. The van der Waals surface area contributed by atoms with Gasteiger partial charge in [-0.15, -0.1) is 0 Å². The summed E-state index contributed by atoms with van der Waals surface area (Å²) in [5, 5.41) is 8.20. The number of aromatic nitrogens is 3. The Morgan fingerprint density at radius 3 is 2.64 bits per heavy atom. The third-order valence-electron chi connectivity index (χ3n) is 5.80. The van der Waals surface area contributed by atoms with Crippen molar-refractivity contribution in [1.82, 2.24) is 19.7 Å². The summed E-state index contributed by atoms with van der Waals surface area (Å²) >= 11 is 0. The van der Waals surface area contributed by atoms with E-state index < -0.39 is 0 Å². The molecule has 8 heteroatoms. The first-order valence-corrected chi connectivity index (χ1v) is 11.2. The highest BCUT2D eigenvalue weighted by atomic mass is 16.5. The number of amides is 1. The number of hydrogen-bond acceptors (Lipinski definition) is 6. The molecule has 1 aliphatic rings. The summed E-state index contributed by atoms with van der Waals surface area (Å²) in [5.74, 6) is 0.398. The highest BCUT2D eigenvalue weighted by Gasteiger charge is 2.19. The van der Waals surface area contributed by atoms with Crippen LogP contribution in [0.25, 0.3) is 22.5 Å². The van der Waals surface area contributed by atoms with Crippen LogP contribution in [0.1, 0.15) is 35.8 Å². The monoisotopic (exact) mass is 445 g/mol. The van der Waals surface area contributed by atoms with E-state index in [0.717, 1.165) is 38.5 Å². The number of nitrogens with zero attached hydrogens (tertiary/aromatic N) is 4. The number of hydrogen-bond donors (Lipinski definition) is 1. The van der Waals surface area contributed by atoms with Crippen molar-refractivity contribution >= 4 is 22.6 Å². The molecule has 5 rings (SSSR count). The minimum Gasteiger partial charge on any atom is -0.463 e. The molecule has 0 saturated carbocycles. The van der Waals surface area contributed by atoms with Crippen molar-refractivity contribution < 1.29 is 13.9 Å². The van der Waals surface area contributed by atoms with Gasteiger partial charge in [-0.3, -0.25) is 9.69 Å². The second-order valence-electron chi connectivity index (χ2n) is 8.49. The van der Waals surface area contributed by atoms with Gasteiger partial charge in [0.25, 0.3) is 5.91 Å². The van der Waals surface area contributed by atoms with Crippen molar-refractivity contribution in [2.24, 2.45) is 0 Å². The summed E-state index contributed by atoms with van der Waals surface area (Å²) in [5.41, 5.74) is 3.72. The molecule has 1 amide bonds. The topological polar surface area (TPSA) is 85.4 Å². The Morgan fingerprint density at radius 2 is 1.94 bits per heavy atom. The van der Waals surface area contributed by atoms with Crippen LogP contribution >= 0.6 is 0 Å². The first-order valence-electron chi connectivity index (χ1n) is 11.2. The average Bonchev–Trinajstić information content (AvgIpc) is 3.50. The molecular formula is C25H27N5O3. The summed E-state index contributed by atoms with van der Waals surface area (Å²) < 4.78 is 12.8. The molecule has 1 aromatic carbocycles. The second-order valence-corrected chi connectivity index (χ2v) is 8.49. The lowest BCUT2D eigenvalue weighted by molar-refractivity contribution is 0.0342. The van der Waals surface area contributed by atoms with Gasteiger partial charge in [-0.05, 0) is 49.7 Å². The van der Waals surface area contributed by atoms with Gasteiger partial charge in [0.15, 0.2) is 11.4 Å². The first-order chi connectivity index (χ1) is 16.1. The van der Waals surface area contributed by atoms with Crippen molar-refractivity contribution in [3.05, 3.63) is 66.1 Å². The lowest BCUT2D eigenvalue weighted by Gasteiger charge is -2.26. The van der Waals surface area contributed by atoms with E-state index in [1.807, 2.05) is 36.7 Å². The van der Waals surface area contributed by atoms with Crippen LogP contribution in [0, 0.1) is 0 Å². The lowest BCUT2D eigenvalue weighted by Crippen LogP contribution is -2.35. The molecule has 0 bridgehead atoms. The van der Waals surface area contributed by atoms with Gasteiger partial charge in [-0.2, -0.15) is 5.10 Å². The number of carbonyl (C=O) groups excluding carboxylic acids is 1. The fraction of sp³-hybridized carbons (Fsp3) is 0.320. The number of morpholine rings is 1. The van der Waals surface area contributed by atoms with Crippen LogP contribution < -0.4 is 5.32 Å². The van der Waals surface area contributed by atoms with E-state index in [1.54, 1.807) is 24.6 Å². The van der Waals surface area contributed by atoms with Crippen LogP contribution in [-0.2, 0) is 11.3 Å². The number of rotatable bonds is 6. The maximum absolute atomic E-state index is 13.3. The number of pyridine rings is 1. The molecule has 0 spiro atoms. The molecule has 0 unspecified atom stereocenters. The quantitative estimate of drug-likeness (QED) is 0.475. The van der Waals surface area contributed by atoms with Crippen LogP contribution in [0.15, 0.2) is 59.3 Å². The lowest BCUT2D eigenvalue weighted by atomic mass is 10.1. The maximum Gasteiger partial charge on any atom is 0.256 e. The fourth-order valence-corrected chi connectivity index (χ4v) is 4.04. The molecule has 0 aliphatic carbocycles. The fourth-order valence-electron chi connectivity index (χ4n) is 4.04. The Balaban J connectivity index is 1.41. The van der Waals surface area contributed by atoms with Gasteiger partial charge in [0.2, 0.25) is 0 Å². The zero-order valence-electron chi connectivity index (χ0n) is 18.8. The number of fused-ring (bicyclic) bond motifs is 1. The second kappa shape index (κ2) is 9.17. The Labute approximate surface area is 192 Å². The molecule has 1 fully saturated rings. The number of furan rings is 1. The predicted octanol–water partition coefficient (Wildman–Crippen LogP) is 4.36. The Morgan fingerprint density at radius 1 is 1.15 bits per heavy atom. The van der Waals surface area contributed by atoms with E-state index >= 15 is 0 Å². The van der Waals surface area contributed by atoms with Gasteiger partial charge < -0.3 is 14.5 Å². The van der Waals surface area contributed by atoms with Gasteiger partial charge in [0.05, 0.1) is 36.6 Å². The molecule has 4 aromatic rings. The highest BCUT2D eigenvalue weighted by molar-refractivity contribution is 6.12. The molecule has 0 radical (unpaired) electrons. The minimum atomic E-state index is -0.209. The van der Waals surface area contributed by atoms with Crippen LogP contribution in [0.2, 0.25) is 0 Å². The van der Waals surface area contributed by atoms with E-state index in [9.17, 15) is 4.79 Å². The normalized spacial score (nSPS) is 14.8. The zero-order chi connectivity index (χ0) is 22.8. The number of nitrogens with one attached hydrogen (secondary N) is 1. The summed E-state index contributed by atoms with van der Waals surface area (Å²) in [6.45, 7) is 8.39. The molecule has 1 aliphatic heterocycles. The number of carbonyl (C=O) groups is 1. The molecular weight excluding hydrogens is 418 g/mol. The molecule has 1 saturated heterocycles. The van der Waals surface area contributed by atoms with E-state index in [-0.39, 0.29) is 11.9 Å². The standard InChI is InChI=1S/C25H27N5O3/c1-17(2)30-24-21(15-26-30)20(14-22(28-24)23-4-3-11-33-23)25(31)27-19-7-5-18(6-8-19)16-29-9-12-32-13-10-29/h3-8,11,14-15,17H,9-10,12-13,16H2,1-2H3,(H,27,31). The molecule has 33 heavy (non-hydrogen) atoms. The van der Waals surface area contributed by atoms with Crippen LogP contribution in [-0.4, -0.2) is 51.9 Å². The zero-order valence-corrected chi connectivity index (χ0v) is 18.8.